The fourth-order valence-electron chi connectivity index (χ4n) is 3.42. The van der Waals surface area contributed by atoms with E-state index < -0.39 is 10.0 Å². The third kappa shape index (κ3) is 5.82. The first-order valence-electron chi connectivity index (χ1n) is 9.73. The molecule has 8 heteroatoms. The van der Waals surface area contributed by atoms with Crippen LogP contribution in [-0.4, -0.2) is 51.6 Å². The zero-order valence-corrected chi connectivity index (χ0v) is 18.5. The van der Waals surface area contributed by atoms with E-state index in [4.69, 9.17) is 0 Å². The number of thioether (sulfide) groups is 1. The number of anilines is 1. The molecule has 0 saturated carbocycles. The van der Waals surface area contributed by atoms with Gasteiger partial charge in [-0.25, -0.2) is 8.42 Å². The molecule has 0 spiro atoms. The normalized spacial score (nSPS) is 15.9. The maximum absolute atomic E-state index is 12.6. The van der Waals surface area contributed by atoms with E-state index >= 15 is 0 Å². The third-order valence-electron chi connectivity index (χ3n) is 4.97. The lowest BCUT2D eigenvalue weighted by Gasteiger charge is -2.16. The number of benzene rings is 2. The molecule has 1 fully saturated rings. The van der Waals surface area contributed by atoms with Gasteiger partial charge >= 0.3 is 0 Å². The second kappa shape index (κ2) is 9.75. The van der Waals surface area contributed by atoms with E-state index in [2.05, 4.69) is 29.6 Å². The van der Waals surface area contributed by atoms with Crippen LogP contribution in [0.1, 0.15) is 18.4 Å². The largest absolute Gasteiger partial charge is 0.326 e. The molecule has 1 aliphatic heterocycles. The molecule has 1 aliphatic rings. The van der Waals surface area contributed by atoms with Crippen LogP contribution >= 0.6 is 11.8 Å². The van der Waals surface area contributed by atoms with Gasteiger partial charge in [-0.2, -0.15) is 4.31 Å². The average Bonchev–Trinajstić information content (AvgIpc) is 3.24. The maximum Gasteiger partial charge on any atom is 0.279 e. The van der Waals surface area contributed by atoms with Gasteiger partial charge in [0.25, 0.3) is 5.91 Å². The fraction of sp³-hybridized carbons (Fsp3) is 0.381. The van der Waals surface area contributed by atoms with Crippen LogP contribution in [0.25, 0.3) is 0 Å². The summed E-state index contributed by atoms with van der Waals surface area (Å²) in [6, 6.07) is 14.8. The zero-order chi connectivity index (χ0) is 20.9. The molecule has 2 aromatic rings. The molecule has 1 amide bonds. The van der Waals surface area contributed by atoms with Crippen LogP contribution in [0.5, 0.6) is 0 Å². The van der Waals surface area contributed by atoms with E-state index in [-0.39, 0.29) is 10.8 Å². The number of nitrogens with zero attached hydrogens (tertiary/aromatic N) is 1. The number of quaternary nitrogens is 1. The minimum absolute atomic E-state index is 0.0987. The van der Waals surface area contributed by atoms with Gasteiger partial charge in [0.15, 0.2) is 6.54 Å². The Morgan fingerprint density at radius 2 is 1.69 bits per heavy atom. The predicted octanol–water partition coefficient (Wildman–Crippen LogP) is 1.85. The molecule has 2 aromatic carbocycles. The summed E-state index contributed by atoms with van der Waals surface area (Å²) >= 11 is 1.71. The average molecular weight is 435 g/mol. The Hall–Kier alpha value is -1.87. The van der Waals surface area contributed by atoms with Crippen molar-refractivity contribution in [1.29, 1.82) is 0 Å². The summed E-state index contributed by atoms with van der Waals surface area (Å²) in [4.78, 5) is 14.9. The lowest BCUT2D eigenvalue weighted by Crippen LogP contribution is -3.08. The van der Waals surface area contributed by atoms with Crippen LogP contribution in [-0.2, 0) is 21.4 Å². The van der Waals surface area contributed by atoms with Crippen LogP contribution < -0.4 is 10.2 Å². The highest BCUT2D eigenvalue weighted by atomic mass is 32.2. The van der Waals surface area contributed by atoms with Crippen LogP contribution in [0.4, 0.5) is 5.69 Å². The van der Waals surface area contributed by atoms with Crippen molar-refractivity contribution in [2.75, 3.05) is 38.3 Å². The van der Waals surface area contributed by atoms with Crippen LogP contribution in [0.3, 0.4) is 0 Å². The molecule has 0 bridgehead atoms. The molecule has 0 radical (unpaired) electrons. The number of hydrogen-bond donors (Lipinski definition) is 2. The first-order valence-corrected chi connectivity index (χ1v) is 12.4. The highest BCUT2D eigenvalue weighted by molar-refractivity contribution is 7.98. The van der Waals surface area contributed by atoms with Gasteiger partial charge in [0.1, 0.15) is 6.54 Å². The Morgan fingerprint density at radius 1 is 1.07 bits per heavy atom. The molecule has 1 unspecified atom stereocenters. The molecule has 0 aliphatic carbocycles. The monoisotopic (exact) mass is 434 g/mol. The number of amides is 1. The van der Waals surface area contributed by atoms with E-state index in [0.29, 0.717) is 25.3 Å². The van der Waals surface area contributed by atoms with Crippen molar-refractivity contribution >= 4 is 33.4 Å². The number of nitrogens with one attached hydrogen (secondary N) is 2. The Morgan fingerprint density at radius 3 is 2.28 bits per heavy atom. The predicted molar refractivity (Wildman–Crippen MR) is 117 cm³/mol. The van der Waals surface area contributed by atoms with Gasteiger partial charge < -0.3 is 10.2 Å². The SMILES string of the molecule is CSc1ccc(C[NH+](C)CC(=O)Nc2ccc(S(=O)(=O)N3CCCC3)cc2)cc1. The van der Waals surface area contributed by atoms with Crippen LogP contribution in [0.15, 0.2) is 58.3 Å². The molecule has 3 rings (SSSR count). The highest BCUT2D eigenvalue weighted by Crippen LogP contribution is 2.22. The molecule has 29 heavy (non-hydrogen) atoms. The molecule has 1 heterocycles. The van der Waals surface area contributed by atoms with E-state index in [9.17, 15) is 13.2 Å². The van der Waals surface area contributed by atoms with E-state index in [1.165, 1.54) is 14.8 Å². The second-order valence-electron chi connectivity index (χ2n) is 7.34. The molecular weight excluding hydrogens is 406 g/mol. The van der Waals surface area contributed by atoms with Crippen molar-refractivity contribution in [2.24, 2.45) is 0 Å². The Balaban J connectivity index is 1.53. The fourth-order valence-corrected chi connectivity index (χ4v) is 5.35. The summed E-state index contributed by atoms with van der Waals surface area (Å²) in [5, 5.41) is 2.85. The van der Waals surface area contributed by atoms with Crippen molar-refractivity contribution < 1.29 is 18.1 Å². The second-order valence-corrected chi connectivity index (χ2v) is 10.2. The van der Waals surface area contributed by atoms with Gasteiger partial charge in [0.05, 0.1) is 11.9 Å². The Kier molecular flexibility index (Phi) is 7.34. The van der Waals surface area contributed by atoms with Crippen LogP contribution in [0, 0.1) is 0 Å². The van der Waals surface area contributed by atoms with Gasteiger partial charge in [0.2, 0.25) is 10.0 Å². The topological polar surface area (TPSA) is 70.9 Å². The van der Waals surface area contributed by atoms with E-state index in [0.717, 1.165) is 24.3 Å². The molecule has 6 nitrogen and oxygen atoms in total. The van der Waals surface area contributed by atoms with Crippen molar-refractivity contribution in [1.82, 2.24) is 4.31 Å². The maximum atomic E-state index is 12.6. The molecule has 156 valence electrons. The number of carbonyl (C=O) groups is 1. The Bertz CT molecular complexity index is 923. The van der Waals surface area contributed by atoms with E-state index in [1.807, 2.05) is 13.3 Å². The highest BCUT2D eigenvalue weighted by Gasteiger charge is 2.27. The van der Waals surface area contributed by atoms with Gasteiger partial charge in [0, 0.05) is 29.2 Å². The van der Waals surface area contributed by atoms with Crippen molar-refractivity contribution in [3.05, 3.63) is 54.1 Å². The van der Waals surface area contributed by atoms with Gasteiger partial charge in [-0.1, -0.05) is 12.1 Å². The lowest BCUT2D eigenvalue weighted by molar-refractivity contribution is -0.885. The number of rotatable bonds is 8. The number of sulfonamides is 1. The third-order valence-corrected chi connectivity index (χ3v) is 7.62. The van der Waals surface area contributed by atoms with E-state index in [1.54, 1.807) is 36.0 Å². The first-order chi connectivity index (χ1) is 13.9. The van der Waals surface area contributed by atoms with Crippen molar-refractivity contribution in [3.8, 4) is 0 Å². The minimum Gasteiger partial charge on any atom is -0.326 e. The summed E-state index contributed by atoms with van der Waals surface area (Å²) in [5.74, 6) is -0.0987. The summed E-state index contributed by atoms with van der Waals surface area (Å²) in [6.07, 6.45) is 3.86. The molecule has 1 atom stereocenters. The lowest BCUT2D eigenvalue weighted by atomic mass is 10.2. The standard InChI is InChI=1S/C21H27N3O3S2/c1-23(15-17-5-9-19(28-2)10-6-17)16-21(25)22-18-7-11-20(12-8-18)29(26,27)24-13-3-4-14-24/h5-12H,3-4,13-16H2,1-2H3,(H,22,25)/p+1. The summed E-state index contributed by atoms with van der Waals surface area (Å²) in [7, 11) is -1.45. The smallest absolute Gasteiger partial charge is 0.279 e. The van der Waals surface area contributed by atoms with Gasteiger partial charge in [-0.05, 0) is 55.5 Å². The van der Waals surface area contributed by atoms with Crippen molar-refractivity contribution in [3.63, 3.8) is 0 Å². The number of likely N-dealkylation sites (N-methyl/N-ethyl adjacent to an activating group) is 1. The summed E-state index contributed by atoms with van der Waals surface area (Å²) < 4.78 is 26.6. The number of hydrogen-bond acceptors (Lipinski definition) is 4. The zero-order valence-electron chi connectivity index (χ0n) is 16.8. The van der Waals surface area contributed by atoms with Crippen molar-refractivity contribution in [2.45, 2.75) is 29.2 Å². The number of carbonyl (C=O) groups excluding carboxylic acids is 1. The van der Waals surface area contributed by atoms with Crippen LogP contribution in [0.2, 0.25) is 0 Å². The molecule has 1 saturated heterocycles. The molecule has 2 N–H and O–H groups in total. The quantitative estimate of drug-likeness (QED) is 0.622. The summed E-state index contributed by atoms with van der Waals surface area (Å²) in [5.41, 5.74) is 1.79. The minimum atomic E-state index is -3.43. The molecular formula is C21H28N3O3S2+. The Labute approximate surface area is 177 Å². The van der Waals surface area contributed by atoms with Gasteiger partial charge in [-0.3, -0.25) is 4.79 Å². The van der Waals surface area contributed by atoms with Gasteiger partial charge in [-0.15, -0.1) is 11.8 Å². The first kappa shape index (κ1) is 21.8. The summed E-state index contributed by atoms with van der Waals surface area (Å²) in [6.45, 7) is 2.25. The molecule has 0 aromatic heterocycles.